The predicted octanol–water partition coefficient (Wildman–Crippen LogP) is 1.52. The molecule has 1 N–H and O–H groups in total. The predicted molar refractivity (Wildman–Crippen MR) is 70.6 cm³/mol. The maximum Gasteiger partial charge on any atom is 0.294 e. The fraction of sp³-hybridized carbons (Fsp3) is 0.167. The van der Waals surface area contributed by atoms with Gasteiger partial charge < -0.3 is 9.64 Å². The van der Waals surface area contributed by atoms with E-state index in [2.05, 4.69) is 5.32 Å². The first kappa shape index (κ1) is 11.6. The number of hydrogen-bond donors (Lipinski definition) is 1. The van der Waals surface area contributed by atoms with Crippen LogP contribution in [0.15, 0.2) is 30.0 Å². The van der Waals surface area contributed by atoms with E-state index < -0.39 is 0 Å². The molecule has 1 aliphatic rings. The Labute approximate surface area is 105 Å². The summed E-state index contributed by atoms with van der Waals surface area (Å²) in [7, 11) is 3.94. The van der Waals surface area contributed by atoms with Gasteiger partial charge in [-0.05, 0) is 36.0 Å². The van der Waals surface area contributed by atoms with Crippen molar-refractivity contribution in [3.05, 3.63) is 35.6 Å². The molecule has 0 aromatic heterocycles. The largest absolute Gasteiger partial charge is 0.426 e. The Morgan fingerprint density at radius 1 is 1.29 bits per heavy atom. The van der Waals surface area contributed by atoms with E-state index >= 15 is 0 Å². The molecule has 1 aromatic rings. The molecule has 1 amide bonds. The molecule has 5 heteroatoms. The summed E-state index contributed by atoms with van der Waals surface area (Å²) in [5.74, 6) is -0.0701. The summed E-state index contributed by atoms with van der Waals surface area (Å²) in [4.78, 5) is 13.4. The van der Waals surface area contributed by atoms with Gasteiger partial charge in [-0.1, -0.05) is 12.1 Å². The van der Waals surface area contributed by atoms with E-state index in [9.17, 15) is 4.79 Å². The maximum atomic E-state index is 11.4. The van der Waals surface area contributed by atoms with E-state index in [0.717, 1.165) is 11.3 Å². The first-order valence-corrected chi connectivity index (χ1v) is 5.49. The van der Waals surface area contributed by atoms with Gasteiger partial charge in [0.15, 0.2) is 5.76 Å². The summed E-state index contributed by atoms with van der Waals surface area (Å²) in [5.41, 5.74) is 1.99. The van der Waals surface area contributed by atoms with Crippen molar-refractivity contribution in [1.29, 1.82) is 0 Å². The van der Waals surface area contributed by atoms with Gasteiger partial charge in [-0.2, -0.15) is 0 Å². The fourth-order valence-electron chi connectivity index (χ4n) is 1.44. The molecule has 4 nitrogen and oxygen atoms in total. The van der Waals surface area contributed by atoms with Crippen molar-refractivity contribution in [1.82, 2.24) is 5.32 Å². The second-order valence-corrected chi connectivity index (χ2v) is 4.21. The number of benzene rings is 1. The molecule has 1 saturated heterocycles. The maximum absolute atomic E-state index is 11.4. The average Bonchev–Trinajstić information content (AvgIpc) is 2.58. The number of nitrogens with one attached hydrogen (secondary N) is 1. The topological polar surface area (TPSA) is 41.6 Å². The Balaban J connectivity index is 2.21. The summed E-state index contributed by atoms with van der Waals surface area (Å²) >= 11 is 4.74. The standard InChI is InChI=1S/C12H12N2O2S/c1-14(2)9-5-3-8(4-6-9)7-10-11(15)13-12(17)16-10/h3-7H,1-2H3,(H,13,15,17)/b10-7+. The molecule has 0 spiro atoms. The van der Waals surface area contributed by atoms with Gasteiger partial charge in [0.05, 0.1) is 0 Å². The quantitative estimate of drug-likeness (QED) is 0.636. The first-order valence-electron chi connectivity index (χ1n) is 5.08. The minimum Gasteiger partial charge on any atom is -0.426 e. The highest BCUT2D eigenvalue weighted by molar-refractivity contribution is 7.80. The lowest BCUT2D eigenvalue weighted by molar-refractivity contribution is -0.116. The number of hydrogen-bond acceptors (Lipinski definition) is 4. The molecule has 1 aliphatic heterocycles. The molecule has 0 bridgehead atoms. The van der Waals surface area contributed by atoms with Crippen molar-refractivity contribution >= 4 is 35.1 Å². The van der Waals surface area contributed by atoms with Crippen LogP contribution in [0.3, 0.4) is 0 Å². The number of nitrogens with zero attached hydrogens (tertiary/aromatic N) is 1. The SMILES string of the molecule is CN(C)c1ccc(/C=C2/OC(=S)NC2=O)cc1. The number of amides is 1. The summed E-state index contributed by atoms with van der Waals surface area (Å²) in [6, 6.07) is 7.77. The smallest absolute Gasteiger partial charge is 0.294 e. The van der Waals surface area contributed by atoms with Gasteiger partial charge in [0.2, 0.25) is 0 Å². The van der Waals surface area contributed by atoms with Crippen molar-refractivity contribution in [3.63, 3.8) is 0 Å². The highest BCUT2D eigenvalue weighted by atomic mass is 32.1. The van der Waals surface area contributed by atoms with Gasteiger partial charge in [-0.15, -0.1) is 0 Å². The molecule has 1 heterocycles. The molecule has 88 valence electrons. The van der Waals surface area contributed by atoms with Crippen LogP contribution in [0, 0.1) is 0 Å². The molecular formula is C12H12N2O2S. The molecule has 1 fully saturated rings. The van der Waals surface area contributed by atoms with E-state index in [-0.39, 0.29) is 16.8 Å². The van der Waals surface area contributed by atoms with Crippen LogP contribution in [0.2, 0.25) is 0 Å². The third-order valence-electron chi connectivity index (χ3n) is 2.35. The third kappa shape index (κ3) is 2.62. The average molecular weight is 248 g/mol. The molecule has 17 heavy (non-hydrogen) atoms. The third-order valence-corrected chi connectivity index (χ3v) is 2.53. The zero-order chi connectivity index (χ0) is 12.4. The number of rotatable bonds is 2. The Hall–Kier alpha value is -1.88. The molecule has 0 atom stereocenters. The molecular weight excluding hydrogens is 236 g/mol. The second-order valence-electron chi connectivity index (χ2n) is 3.84. The van der Waals surface area contributed by atoms with Crippen LogP contribution in [-0.2, 0) is 9.53 Å². The van der Waals surface area contributed by atoms with Crippen LogP contribution in [-0.4, -0.2) is 25.2 Å². The summed E-state index contributed by atoms with van der Waals surface area (Å²) in [6.07, 6.45) is 1.66. The Morgan fingerprint density at radius 2 is 1.94 bits per heavy atom. The van der Waals surface area contributed by atoms with Gasteiger partial charge in [-0.3, -0.25) is 10.1 Å². The highest BCUT2D eigenvalue weighted by Crippen LogP contribution is 2.16. The lowest BCUT2D eigenvalue weighted by atomic mass is 10.2. The minimum atomic E-state index is -0.299. The van der Waals surface area contributed by atoms with Gasteiger partial charge >= 0.3 is 0 Å². The highest BCUT2D eigenvalue weighted by Gasteiger charge is 2.22. The van der Waals surface area contributed by atoms with Crippen LogP contribution in [0.1, 0.15) is 5.56 Å². The van der Waals surface area contributed by atoms with Gasteiger partial charge in [0.1, 0.15) is 0 Å². The van der Waals surface area contributed by atoms with Gasteiger partial charge in [0.25, 0.3) is 11.1 Å². The number of carbonyl (C=O) groups is 1. The van der Waals surface area contributed by atoms with E-state index in [0.29, 0.717) is 0 Å². The molecule has 2 rings (SSSR count). The van der Waals surface area contributed by atoms with E-state index in [1.807, 2.05) is 43.3 Å². The first-order chi connectivity index (χ1) is 8.06. The molecule has 0 radical (unpaired) electrons. The molecule has 1 aromatic carbocycles. The number of thiocarbonyl (C=S) groups is 1. The van der Waals surface area contributed by atoms with Crippen molar-refractivity contribution in [3.8, 4) is 0 Å². The normalized spacial score (nSPS) is 16.9. The summed E-state index contributed by atoms with van der Waals surface area (Å²) in [5, 5.41) is 2.51. The minimum absolute atomic E-state index is 0.103. The molecule has 0 unspecified atom stereocenters. The van der Waals surface area contributed by atoms with Crippen LogP contribution in [0.4, 0.5) is 5.69 Å². The Kier molecular flexibility index (Phi) is 3.10. The Bertz CT molecular complexity index is 492. The monoisotopic (exact) mass is 248 g/mol. The van der Waals surface area contributed by atoms with E-state index in [1.165, 1.54) is 0 Å². The summed E-state index contributed by atoms with van der Waals surface area (Å²) in [6.45, 7) is 0. The van der Waals surface area contributed by atoms with Crippen LogP contribution >= 0.6 is 12.2 Å². The molecule has 0 saturated carbocycles. The lowest BCUT2D eigenvalue weighted by Gasteiger charge is -2.11. The van der Waals surface area contributed by atoms with Gasteiger partial charge in [-0.25, -0.2) is 0 Å². The van der Waals surface area contributed by atoms with Crippen LogP contribution in [0.5, 0.6) is 0 Å². The van der Waals surface area contributed by atoms with Crippen LogP contribution < -0.4 is 10.2 Å². The summed E-state index contributed by atoms with van der Waals surface area (Å²) < 4.78 is 5.08. The number of anilines is 1. The van der Waals surface area contributed by atoms with E-state index in [1.54, 1.807) is 6.08 Å². The fourth-order valence-corrected chi connectivity index (χ4v) is 1.62. The lowest BCUT2D eigenvalue weighted by Crippen LogP contribution is -2.18. The van der Waals surface area contributed by atoms with Crippen LogP contribution in [0.25, 0.3) is 6.08 Å². The van der Waals surface area contributed by atoms with Crippen molar-refractivity contribution in [2.75, 3.05) is 19.0 Å². The second kappa shape index (κ2) is 4.55. The van der Waals surface area contributed by atoms with Crippen molar-refractivity contribution in [2.24, 2.45) is 0 Å². The van der Waals surface area contributed by atoms with Gasteiger partial charge in [0, 0.05) is 19.8 Å². The molecule has 0 aliphatic carbocycles. The number of carbonyl (C=O) groups excluding carboxylic acids is 1. The Morgan fingerprint density at radius 3 is 2.41 bits per heavy atom. The zero-order valence-electron chi connectivity index (χ0n) is 9.56. The van der Waals surface area contributed by atoms with Crippen molar-refractivity contribution < 1.29 is 9.53 Å². The zero-order valence-corrected chi connectivity index (χ0v) is 10.4. The van der Waals surface area contributed by atoms with E-state index in [4.69, 9.17) is 17.0 Å². The van der Waals surface area contributed by atoms with Crippen molar-refractivity contribution in [2.45, 2.75) is 0 Å². The number of ether oxygens (including phenoxy) is 1.